The number of thioether (sulfide) groups is 1. The van der Waals surface area contributed by atoms with Crippen molar-refractivity contribution in [1.82, 2.24) is 9.88 Å². The normalized spacial score (nSPS) is 16.6. The average Bonchev–Trinajstić information content (AvgIpc) is 2.93. The van der Waals surface area contributed by atoms with Crippen LogP contribution in [-0.4, -0.2) is 58.6 Å². The number of nitrogens with one attached hydrogen (secondary N) is 1. The number of carbonyl (C=O) groups excluding carboxylic acids is 2. The van der Waals surface area contributed by atoms with Gasteiger partial charge in [-0.05, 0) is 24.3 Å². The van der Waals surface area contributed by atoms with E-state index in [4.69, 9.17) is 0 Å². The van der Waals surface area contributed by atoms with E-state index in [1.165, 1.54) is 12.3 Å². The molecule has 2 aliphatic rings. The second-order valence-corrected chi connectivity index (χ2v) is 7.91. The molecule has 1 saturated heterocycles. The van der Waals surface area contributed by atoms with Crippen LogP contribution in [0.4, 0.5) is 17.2 Å². The van der Waals surface area contributed by atoms with Gasteiger partial charge in [0.15, 0.2) is 0 Å². The fraction of sp³-hybridized carbons (Fsp3) is 0.316. The van der Waals surface area contributed by atoms with E-state index in [0.717, 1.165) is 10.6 Å². The van der Waals surface area contributed by atoms with E-state index < -0.39 is 4.92 Å². The molecule has 1 aromatic carbocycles. The van der Waals surface area contributed by atoms with Crippen molar-refractivity contribution in [3.63, 3.8) is 0 Å². The molecule has 0 radical (unpaired) electrons. The first-order valence-electron chi connectivity index (χ1n) is 9.22. The van der Waals surface area contributed by atoms with Gasteiger partial charge < -0.3 is 15.1 Å². The maximum absolute atomic E-state index is 12.9. The molecule has 2 amide bonds. The number of nitrogens with zero attached hydrogens (tertiary/aromatic N) is 4. The van der Waals surface area contributed by atoms with E-state index >= 15 is 0 Å². The van der Waals surface area contributed by atoms with E-state index in [0.29, 0.717) is 49.7 Å². The van der Waals surface area contributed by atoms with E-state index in [1.54, 1.807) is 34.9 Å². The molecule has 0 bridgehead atoms. The SMILES string of the molecule is O=C1CCSc2ccc(C(=O)N3CCN(c4ccc([N+](=O)[O-])cn4)CC3)cc2N1. The Balaban J connectivity index is 1.41. The van der Waals surface area contributed by atoms with Gasteiger partial charge in [-0.15, -0.1) is 11.8 Å². The molecule has 4 rings (SSSR count). The summed E-state index contributed by atoms with van der Waals surface area (Å²) in [6.07, 6.45) is 1.70. The van der Waals surface area contributed by atoms with Crippen molar-refractivity contribution in [3.8, 4) is 0 Å². The summed E-state index contributed by atoms with van der Waals surface area (Å²) in [4.78, 5) is 43.9. The maximum atomic E-state index is 12.9. The van der Waals surface area contributed by atoms with Crippen LogP contribution < -0.4 is 10.2 Å². The molecule has 3 heterocycles. The molecule has 0 saturated carbocycles. The Labute approximate surface area is 171 Å². The number of amides is 2. The van der Waals surface area contributed by atoms with Crippen LogP contribution in [0.3, 0.4) is 0 Å². The highest BCUT2D eigenvalue weighted by Gasteiger charge is 2.24. The fourth-order valence-electron chi connectivity index (χ4n) is 3.35. The molecule has 1 aromatic heterocycles. The summed E-state index contributed by atoms with van der Waals surface area (Å²) >= 11 is 1.61. The van der Waals surface area contributed by atoms with Crippen LogP contribution in [0.5, 0.6) is 0 Å². The van der Waals surface area contributed by atoms with Gasteiger partial charge in [0.2, 0.25) is 5.91 Å². The summed E-state index contributed by atoms with van der Waals surface area (Å²) < 4.78 is 0. The first-order chi connectivity index (χ1) is 14.0. The van der Waals surface area contributed by atoms with Crippen LogP contribution in [0.1, 0.15) is 16.8 Å². The van der Waals surface area contributed by atoms with Gasteiger partial charge in [0.1, 0.15) is 12.0 Å². The third kappa shape index (κ3) is 4.16. The quantitative estimate of drug-likeness (QED) is 0.608. The van der Waals surface area contributed by atoms with Crippen molar-refractivity contribution in [2.75, 3.05) is 42.1 Å². The number of carbonyl (C=O) groups is 2. The number of nitro groups is 1. The number of piperazine rings is 1. The molecule has 0 spiro atoms. The van der Waals surface area contributed by atoms with Crippen LogP contribution >= 0.6 is 11.8 Å². The van der Waals surface area contributed by atoms with Crippen molar-refractivity contribution in [3.05, 3.63) is 52.2 Å². The monoisotopic (exact) mass is 413 g/mol. The molecule has 150 valence electrons. The second kappa shape index (κ2) is 8.08. The Kier molecular flexibility index (Phi) is 5.34. The molecule has 0 aliphatic carbocycles. The topological polar surface area (TPSA) is 109 Å². The molecule has 29 heavy (non-hydrogen) atoms. The van der Waals surface area contributed by atoms with Gasteiger partial charge in [-0.2, -0.15) is 0 Å². The lowest BCUT2D eigenvalue weighted by Crippen LogP contribution is -2.49. The summed E-state index contributed by atoms with van der Waals surface area (Å²) in [5, 5.41) is 13.6. The number of pyridine rings is 1. The Morgan fingerprint density at radius 1 is 1.17 bits per heavy atom. The van der Waals surface area contributed by atoms with E-state index in [-0.39, 0.29) is 17.5 Å². The number of anilines is 2. The highest BCUT2D eigenvalue weighted by molar-refractivity contribution is 7.99. The molecule has 2 aromatic rings. The molecule has 1 N–H and O–H groups in total. The van der Waals surface area contributed by atoms with Crippen molar-refractivity contribution in [2.45, 2.75) is 11.3 Å². The van der Waals surface area contributed by atoms with Gasteiger partial charge >= 0.3 is 0 Å². The lowest BCUT2D eigenvalue weighted by Gasteiger charge is -2.35. The third-order valence-electron chi connectivity index (χ3n) is 4.92. The number of fused-ring (bicyclic) bond motifs is 1. The highest BCUT2D eigenvalue weighted by Crippen LogP contribution is 2.32. The predicted octanol–water partition coefficient (Wildman–Crippen LogP) is 2.39. The molecule has 0 unspecified atom stereocenters. The maximum Gasteiger partial charge on any atom is 0.287 e. The van der Waals surface area contributed by atoms with Crippen molar-refractivity contribution in [2.24, 2.45) is 0 Å². The Morgan fingerprint density at radius 2 is 1.97 bits per heavy atom. The predicted molar refractivity (Wildman–Crippen MR) is 109 cm³/mol. The molecular weight excluding hydrogens is 394 g/mol. The fourth-order valence-corrected chi connectivity index (χ4v) is 4.28. The number of hydrogen-bond acceptors (Lipinski definition) is 7. The smallest absolute Gasteiger partial charge is 0.287 e. The van der Waals surface area contributed by atoms with Gasteiger partial charge in [-0.1, -0.05) is 0 Å². The largest absolute Gasteiger partial charge is 0.353 e. The van der Waals surface area contributed by atoms with Crippen LogP contribution in [0.2, 0.25) is 0 Å². The van der Waals surface area contributed by atoms with Gasteiger partial charge in [0.05, 0.1) is 10.6 Å². The lowest BCUT2D eigenvalue weighted by atomic mass is 10.1. The molecule has 9 nitrogen and oxygen atoms in total. The summed E-state index contributed by atoms with van der Waals surface area (Å²) in [5.41, 5.74) is 1.20. The minimum absolute atomic E-state index is 0.0370. The zero-order chi connectivity index (χ0) is 20.4. The highest BCUT2D eigenvalue weighted by atomic mass is 32.2. The van der Waals surface area contributed by atoms with Crippen LogP contribution in [0.15, 0.2) is 41.4 Å². The number of hydrogen-bond donors (Lipinski definition) is 1. The first kappa shape index (κ1) is 19.2. The Hall–Kier alpha value is -3.14. The minimum Gasteiger partial charge on any atom is -0.353 e. The van der Waals surface area contributed by atoms with Crippen molar-refractivity contribution >= 4 is 40.8 Å². The molecule has 2 aliphatic heterocycles. The molecule has 10 heteroatoms. The average molecular weight is 413 g/mol. The number of aromatic nitrogens is 1. The third-order valence-corrected chi connectivity index (χ3v) is 6.00. The Bertz CT molecular complexity index is 958. The Morgan fingerprint density at radius 3 is 2.66 bits per heavy atom. The van der Waals surface area contributed by atoms with Gasteiger partial charge in [-0.25, -0.2) is 4.98 Å². The van der Waals surface area contributed by atoms with Gasteiger partial charge in [-0.3, -0.25) is 19.7 Å². The van der Waals surface area contributed by atoms with Crippen molar-refractivity contribution in [1.29, 1.82) is 0 Å². The van der Waals surface area contributed by atoms with Crippen molar-refractivity contribution < 1.29 is 14.5 Å². The lowest BCUT2D eigenvalue weighted by molar-refractivity contribution is -0.385. The molecule has 1 fully saturated rings. The number of rotatable bonds is 3. The van der Waals surface area contributed by atoms with Gasteiger partial charge in [0.25, 0.3) is 11.6 Å². The van der Waals surface area contributed by atoms with E-state index in [9.17, 15) is 19.7 Å². The zero-order valence-electron chi connectivity index (χ0n) is 15.5. The minimum atomic E-state index is -0.477. The second-order valence-electron chi connectivity index (χ2n) is 6.77. The van der Waals surface area contributed by atoms with Crippen LogP contribution in [0.25, 0.3) is 0 Å². The number of benzene rings is 1. The summed E-state index contributed by atoms with van der Waals surface area (Å²) in [7, 11) is 0. The van der Waals surface area contributed by atoms with Crippen LogP contribution in [0, 0.1) is 10.1 Å². The zero-order valence-corrected chi connectivity index (χ0v) is 16.4. The summed E-state index contributed by atoms with van der Waals surface area (Å²) in [6.45, 7) is 2.23. The molecule has 0 atom stereocenters. The van der Waals surface area contributed by atoms with E-state index in [1.807, 2.05) is 11.0 Å². The van der Waals surface area contributed by atoms with Gasteiger partial charge in [0, 0.05) is 54.9 Å². The standard InChI is InChI=1S/C19H19N5O4S/c25-18-5-10-29-16-3-1-13(11-15(16)21-18)19(26)23-8-6-22(7-9-23)17-4-2-14(12-20-17)24(27)28/h1-4,11-12H,5-10H2,(H,21,25). The van der Waals surface area contributed by atoms with E-state index in [2.05, 4.69) is 10.3 Å². The summed E-state index contributed by atoms with van der Waals surface area (Å²) in [6, 6.07) is 8.49. The molecular formula is C19H19N5O4S. The van der Waals surface area contributed by atoms with Crippen LogP contribution in [-0.2, 0) is 4.79 Å². The first-order valence-corrected chi connectivity index (χ1v) is 10.2. The summed E-state index contributed by atoms with van der Waals surface area (Å²) in [5.74, 6) is 1.27.